The predicted octanol–water partition coefficient (Wildman–Crippen LogP) is 2.48. The van der Waals surface area contributed by atoms with Gasteiger partial charge in [-0.15, -0.1) is 11.3 Å². The van der Waals surface area contributed by atoms with Gasteiger partial charge in [0, 0.05) is 17.2 Å². The molecule has 2 heterocycles. The Morgan fingerprint density at radius 3 is 2.90 bits per heavy atom. The lowest BCUT2D eigenvalue weighted by Crippen LogP contribution is -2.22. The first-order valence-electron chi connectivity index (χ1n) is 6.26. The van der Waals surface area contributed by atoms with Crippen LogP contribution in [-0.2, 0) is 11.3 Å². The third-order valence-corrected chi connectivity index (χ3v) is 3.82. The third-order valence-electron chi connectivity index (χ3n) is 2.77. The van der Waals surface area contributed by atoms with Crippen LogP contribution in [0.1, 0.15) is 25.8 Å². The van der Waals surface area contributed by atoms with Crippen LogP contribution < -0.4 is 5.32 Å². The van der Waals surface area contributed by atoms with Crippen LogP contribution in [0, 0.1) is 6.92 Å². The standard InChI is InChI=1S/C15H14N2O3S/c1-10-3-2-8-16-12(10)9-17-15(20)13-6-4-11(21-13)5-7-14(18)19/h2-8H,9H2,1H3,(H,17,20)(H,18,19). The van der Waals surface area contributed by atoms with E-state index >= 15 is 0 Å². The fraction of sp³-hybridized carbons (Fsp3) is 0.133. The van der Waals surface area contributed by atoms with Crippen molar-refractivity contribution in [3.05, 3.63) is 57.6 Å². The minimum Gasteiger partial charge on any atom is -0.478 e. The summed E-state index contributed by atoms with van der Waals surface area (Å²) in [5.74, 6) is -1.21. The van der Waals surface area contributed by atoms with E-state index in [1.54, 1.807) is 18.3 Å². The van der Waals surface area contributed by atoms with Crippen molar-refractivity contribution in [1.29, 1.82) is 0 Å². The highest BCUT2D eigenvalue weighted by Gasteiger charge is 2.09. The first-order valence-corrected chi connectivity index (χ1v) is 7.07. The Labute approximate surface area is 126 Å². The topological polar surface area (TPSA) is 79.3 Å². The van der Waals surface area contributed by atoms with Gasteiger partial charge in [-0.2, -0.15) is 0 Å². The van der Waals surface area contributed by atoms with Gasteiger partial charge in [0.1, 0.15) is 0 Å². The average molecular weight is 302 g/mol. The fourth-order valence-electron chi connectivity index (χ4n) is 1.67. The molecule has 2 aromatic rings. The van der Waals surface area contributed by atoms with E-state index in [-0.39, 0.29) is 5.91 Å². The second-order valence-corrected chi connectivity index (χ2v) is 5.44. The average Bonchev–Trinajstić information content (AvgIpc) is 2.93. The van der Waals surface area contributed by atoms with Gasteiger partial charge in [0.05, 0.1) is 17.1 Å². The van der Waals surface area contributed by atoms with E-state index in [2.05, 4.69) is 10.3 Å². The number of aromatic nitrogens is 1. The molecule has 0 saturated heterocycles. The number of thiophene rings is 1. The maximum atomic E-state index is 12.0. The van der Waals surface area contributed by atoms with Crippen LogP contribution in [0.2, 0.25) is 0 Å². The molecule has 0 aliphatic carbocycles. The van der Waals surface area contributed by atoms with E-state index < -0.39 is 5.97 Å². The predicted molar refractivity (Wildman–Crippen MR) is 81.1 cm³/mol. The normalized spacial score (nSPS) is 10.7. The van der Waals surface area contributed by atoms with Gasteiger partial charge < -0.3 is 10.4 Å². The van der Waals surface area contributed by atoms with Crippen LogP contribution in [0.25, 0.3) is 6.08 Å². The first kappa shape index (κ1) is 14.9. The molecule has 0 radical (unpaired) electrons. The molecule has 108 valence electrons. The van der Waals surface area contributed by atoms with Gasteiger partial charge in [0.25, 0.3) is 5.91 Å². The Hall–Kier alpha value is -2.47. The molecule has 0 atom stereocenters. The van der Waals surface area contributed by atoms with Crippen molar-refractivity contribution in [2.45, 2.75) is 13.5 Å². The van der Waals surface area contributed by atoms with Gasteiger partial charge in [-0.1, -0.05) is 6.07 Å². The Kier molecular flexibility index (Phi) is 4.84. The van der Waals surface area contributed by atoms with Crippen molar-refractivity contribution in [3.63, 3.8) is 0 Å². The Morgan fingerprint density at radius 2 is 2.19 bits per heavy atom. The SMILES string of the molecule is Cc1cccnc1CNC(=O)c1ccc(C=CC(=O)O)s1. The summed E-state index contributed by atoms with van der Waals surface area (Å²) in [6.07, 6.45) is 4.20. The summed E-state index contributed by atoms with van der Waals surface area (Å²) in [6.45, 7) is 2.30. The van der Waals surface area contributed by atoms with Crippen molar-refractivity contribution in [2.24, 2.45) is 0 Å². The number of carbonyl (C=O) groups is 2. The van der Waals surface area contributed by atoms with Crippen LogP contribution in [0.5, 0.6) is 0 Å². The number of carboxylic acids is 1. The van der Waals surface area contributed by atoms with Crippen molar-refractivity contribution in [1.82, 2.24) is 10.3 Å². The zero-order valence-electron chi connectivity index (χ0n) is 11.4. The molecule has 0 aliphatic heterocycles. The number of pyridine rings is 1. The second-order valence-electron chi connectivity index (χ2n) is 4.32. The molecule has 21 heavy (non-hydrogen) atoms. The molecule has 0 saturated carbocycles. The third kappa shape index (κ3) is 4.25. The highest BCUT2D eigenvalue weighted by Crippen LogP contribution is 2.18. The Bertz CT molecular complexity index is 692. The van der Waals surface area contributed by atoms with E-state index in [0.29, 0.717) is 11.4 Å². The van der Waals surface area contributed by atoms with E-state index in [9.17, 15) is 9.59 Å². The molecule has 0 bridgehead atoms. The lowest BCUT2D eigenvalue weighted by atomic mass is 10.2. The minimum absolute atomic E-state index is 0.194. The summed E-state index contributed by atoms with van der Waals surface area (Å²) in [4.78, 5) is 27.9. The molecule has 0 unspecified atom stereocenters. The van der Waals surface area contributed by atoms with Crippen molar-refractivity contribution in [2.75, 3.05) is 0 Å². The van der Waals surface area contributed by atoms with Crippen LogP contribution in [0.15, 0.2) is 36.5 Å². The highest BCUT2D eigenvalue weighted by molar-refractivity contribution is 7.14. The molecule has 0 aromatic carbocycles. The molecule has 2 N–H and O–H groups in total. The fourth-order valence-corrected chi connectivity index (χ4v) is 2.50. The monoisotopic (exact) mass is 302 g/mol. The number of hydrogen-bond donors (Lipinski definition) is 2. The lowest BCUT2D eigenvalue weighted by molar-refractivity contribution is -0.131. The quantitative estimate of drug-likeness (QED) is 0.832. The van der Waals surface area contributed by atoms with Crippen LogP contribution in [0.3, 0.4) is 0 Å². The smallest absolute Gasteiger partial charge is 0.328 e. The molecule has 0 fully saturated rings. The number of nitrogens with zero attached hydrogens (tertiary/aromatic N) is 1. The zero-order chi connectivity index (χ0) is 15.2. The van der Waals surface area contributed by atoms with Gasteiger partial charge in [-0.3, -0.25) is 9.78 Å². The molecule has 0 aliphatic rings. The molecule has 1 amide bonds. The van der Waals surface area contributed by atoms with Crippen molar-refractivity contribution < 1.29 is 14.7 Å². The van der Waals surface area contributed by atoms with E-state index in [1.807, 2.05) is 19.1 Å². The van der Waals surface area contributed by atoms with E-state index in [0.717, 1.165) is 22.2 Å². The second kappa shape index (κ2) is 6.81. The molecule has 5 nitrogen and oxygen atoms in total. The number of hydrogen-bond acceptors (Lipinski definition) is 4. The molecular formula is C15H14N2O3S. The maximum Gasteiger partial charge on any atom is 0.328 e. The number of carboxylic acid groups (broad SMARTS) is 1. The summed E-state index contributed by atoms with van der Waals surface area (Å²) >= 11 is 1.24. The number of aliphatic carboxylic acids is 1. The maximum absolute atomic E-state index is 12.0. The zero-order valence-corrected chi connectivity index (χ0v) is 12.2. The van der Waals surface area contributed by atoms with Gasteiger partial charge in [-0.25, -0.2) is 4.79 Å². The summed E-state index contributed by atoms with van der Waals surface area (Å²) in [5, 5.41) is 11.4. The number of aryl methyl sites for hydroxylation is 1. The minimum atomic E-state index is -1.01. The lowest BCUT2D eigenvalue weighted by Gasteiger charge is -2.05. The first-order chi connectivity index (χ1) is 10.1. The molecule has 6 heteroatoms. The van der Waals surface area contributed by atoms with Crippen molar-refractivity contribution >= 4 is 29.3 Å². The number of carbonyl (C=O) groups excluding carboxylic acids is 1. The van der Waals surface area contributed by atoms with E-state index in [4.69, 9.17) is 5.11 Å². The van der Waals surface area contributed by atoms with Crippen LogP contribution in [0.4, 0.5) is 0 Å². The Balaban J connectivity index is 1.98. The van der Waals surface area contributed by atoms with Crippen molar-refractivity contribution in [3.8, 4) is 0 Å². The summed E-state index contributed by atoms with van der Waals surface area (Å²) in [5.41, 5.74) is 1.85. The van der Waals surface area contributed by atoms with Gasteiger partial charge in [0.2, 0.25) is 0 Å². The van der Waals surface area contributed by atoms with Gasteiger partial charge in [-0.05, 0) is 36.8 Å². The number of rotatable bonds is 5. The molecule has 2 rings (SSSR count). The molecule has 0 spiro atoms. The number of nitrogens with one attached hydrogen (secondary N) is 1. The summed E-state index contributed by atoms with van der Waals surface area (Å²) < 4.78 is 0. The van der Waals surface area contributed by atoms with Crippen LogP contribution >= 0.6 is 11.3 Å². The molecule has 2 aromatic heterocycles. The van der Waals surface area contributed by atoms with E-state index in [1.165, 1.54) is 17.4 Å². The largest absolute Gasteiger partial charge is 0.478 e. The Morgan fingerprint density at radius 1 is 1.38 bits per heavy atom. The van der Waals surface area contributed by atoms with Gasteiger partial charge in [0.15, 0.2) is 0 Å². The summed E-state index contributed by atoms with van der Waals surface area (Å²) in [6, 6.07) is 7.17. The molecular weight excluding hydrogens is 288 g/mol. The van der Waals surface area contributed by atoms with Gasteiger partial charge >= 0.3 is 5.97 Å². The number of amides is 1. The van der Waals surface area contributed by atoms with Crippen LogP contribution in [-0.4, -0.2) is 22.0 Å². The highest BCUT2D eigenvalue weighted by atomic mass is 32.1. The summed E-state index contributed by atoms with van der Waals surface area (Å²) in [7, 11) is 0.